The van der Waals surface area contributed by atoms with E-state index in [0.717, 1.165) is 11.3 Å². The topological polar surface area (TPSA) is 46.5 Å². The number of ether oxygens (including phenoxy) is 1. The molecule has 0 heterocycles. The van der Waals surface area contributed by atoms with Gasteiger partial charge in [0.25, 0.3) is 0 Å². The van der Waals surface area contributed by atoms with Gasteiger partial charge in [0.05, 0.1) is 12.7 Å². The number of rotatable bonds is 5. The lowest BCUT2D eigenvalue weighted by Crippen LogP contribution is -1.99. The number of thioether (sulfide) groups is 1. The molecule has 2 aromatic rings. The van der Waals surface area contributed by atoms with Crippen molar-refractivity contribution in [3.05, 3.63) is 59.4 Å². The van der Waals surface area contributed by atoms with Gasteiger partial charge in [0.15, 0.2) is 0 Å². The zero-order chi connectivity index (χ0) is 14.5. The quantitative estimate of drug-likeness (QED) is 0.851. The second kappa shape index (κ2) is 6.43. The van der Waals surface area contributed by atoms with Crippen molar-refractivity contribution >= 4 is 17.7 Å². The SMILES string of the molecule is COc1ccc(CSc2ccc(C(=O)O)c(F)c2)cc1. The van der Waals surface area contributed by atoms with E-state index in [1.54, 1.807) is 13.2 Å². The second-order valence-corrected chi connectivity index (χ2v) is 5.13. The van der Waals surface area contributed by atoms with E-state index in [4.69, 9.17) is 9.84 Å². The molecule has 3 nitrogen and oxygen atoms in total. The molecule has 0 unspecified atom stereocenters. The van der Waals surface area contributed by atoms with Crippen LogP contribution in [0.3, 0.4) is 0 Å². The molecule has 0 fully saturated rings. The fraction of sp³-hybridized carbons (Fsp3) is 0.133. The summed E-state index contributed by atoms with van der Waals surface area (Å²) in [6, 6.07) is 11.8. The number of hydrogen-bond acceptors (Lipinski definition) is 3. The van der Waals surface area contributed by atoms with E-state index in [1.165, 1.54) is 23.9 Å². The van der Waals surface area contributed by atoms with E-state index in [1.807, 2.05) is 24.3 Å². The lowest BCUT2D eigenvalue weighted by atomic mass is 10.2. The molecule has 20 heavy (non-hydrogen) atoms. The predicted molar refractivity (Wildman–Crippen MR) is 75.9 cm³/mol. The molecular formula is C15H13FO3S. The summed E-state index contributed by atoms with van der Waals surface area (Å²) < 4.78 is 18.6. The van der Waals surface area contributed by atoms with Crippen LogP contribution in [0.5, 0.6) is 5.75 Å². The molecule has 5 heteroatoms. The molecule has 0 aliphatic rings. The number of aromatic carboxylic acids is 1. The van der Waals surface area contributed by atoms with E-state index in [-0.39, 0.29) is 5.56 Å². The van der Waals surface area contributed by atoms with E-state index >= 15 is 0 Å². The third kappa shape index (κ3) is 3.51. The molecule has 2 aromatic carbocycles. The van der Waals surface area contributed by atoms with Crippen LogP contribution in [0.1, 0.15) is 15.9 Å². The van der Waals surface area contributed by atoms with Crippen LogP contribution in [-0.4, -0.2) is 18.2 Å². The minimum Gasteiger partial charge on any atom is -0.497 e. The summed E-state index contributed by atoms with van der Waals surface area (Å²) in [5.74, 6) is -0.502. The highest BCUT2D eigenvalue weighted by Crippen LogP contribution is 2.25. The first-order valence-electron chi connectivity index (χ1n) is 5.88. The van der Waals surface area contributed by atoms with Crippen molar-refractivity contribution in [3.63, 3.8) is 0 Å². The Bertz CT molecular complexity index is 611. The first-order chi connectivity index (χ1) is 9.60. The van der Waals surface area contributed by atoms with Gasteiger partial charge in [-0.1, -0.05) is 12.1 Å². The molecule has 0 radical (unpaired) electrons. The molecule has 0 spiro atoms. The van der Waals surface area contributed by atoms with Crippen LogP contribution in [0.15, 0.2) is 47.4 Å². The van der Waals surface area contributed by atoms with Crippen LogP contribution in [0.25, 0.3) is 0 Å². The number of carboxylic acid groups (broad SMARTS) is 1. The molecule has 0 aliphatic heterocycles. The molecule has 0 aliphatic carbocycles. The Labute approximate surface area is 120 Å². The average molecular weight is 292 g/mol. The van der Waals surface area contributed by atoms with Crippen LogP contribution in [0.2, 0.25) is 0 Å². The van der Waals surface area contributed by atoms with Gasteiger partial charge in [-0.05, 0) is 35.9 Å². The number of benzene rings is 2. The standard InChI is InChI=1S/C15H13FO3S/c1-19-11-4-2-10(3-5-11)9-20-12-6-7-13(15(17)18)14(16)8-12/h2-8H,9H2,1H3,(H,17,18). The van der Waals surface area contributed by atoms with Crippen molar-refractivity contribution in [2.24, 2.45) is 0 Å². The monoisotopic (exact) mass is 292 g/mol. The Morgan fingerprint density at radius 3 is 2.50 bits per heavy atom. The summed E-state index contributed by atoms with van der Waals surface area (Å²) in [6.45, 7) is 0. The average Bonchev–Trinajstić information content (AvgIpc) is 2.45. The van der Waals surface area contributed by atoms with E-state index in [0.29, 0.717) is 10.6 Å². The largest absolute Gasteiger partial charge is 0.497 e. The molecule has 0 bridgehead atoms. The van der Waals surface area contributed by atoms with Crippen LogP contribution >= 0.6 is 11.8 Å². The first kappa shape index (κ1) is 14.4. The highest BCUT2D eigenvalue weighted by Gasteiger charge is 2.10. The Morgan fingerprint density at radius 2 is 1.95 bits per heavy atom. The molecular weight excluding hydrogens is 279 g/mol. The van der Waals surface area contributed by atoms with Gasteiger partial charge in [-0.15, -0.1) is 11.8 Å². The van der Waals surface area contributed by atoms with Gasteiger partial charge in [-0.3, -0.25) is 0 Å². The fourth-order valence-corrected chi connectivity index (χ4v) is 2.52. The summed E-state index contributed by atoms with van der Waals surface area (Å²) in [5, 5.41) is 8.76. The van der Waals surface area contributed by atoms with Gasteiger partial charge in [0, 0.05) is 10.6 Å². The lowest BCUT2D eigenvalue weighted by molar-refractivity contribution is 0.0692. The van der Waals surface area contributed by atoms with Crippen molar-refractivity contribution in [2.45, 2.75) is 10.6 Å². The molecule has 0 amide bonds. The minimum absolute atomic E-state index is 0.307. The van der Waals surface area contributed by atoms with Gasteiger partial charge in [0.1, 0.15) is 11.6 Å². The zero-order valence-electron chi connectivity index (χ0n) is 10.8. The Hall–Kier alpha value is -2.01. The van der Waals surface area contributed by atoms with Crippen molar-refractivity contribution in [1.82, 2.24) is 0 Å². The van der Waals surface area contributed by atoms with Crippen molar-refractivity contribution in [2.75, 3.05) is 7.11 Å². The Balaban J connectivity index is 2.03. The summed E-state index contributed by atoms with van der Waals surface area (Å²) in [4.78, 5) is 11.4. The molecule has 0 saturated carbocycles. The van der Waals surface area contributed by atoms with E-state index in [2.05, 4.69) is 0 Å². The first-order valence-corrected chi connectivity index (χ1v) is 6.87. The normalized spacial score (nSPS) is 10.3. The Kier molecular flexibility index (Phi) is 4.63. The second-order valence-electron chi connectivity index (χ2n) is 4.08. The molecule has 104 valence electrons. The fourth-order valence-electron chi connectivity index (χ4n) is 1.65. The molecule has 0 aromatic heterocycles. The lowest BCUT2D eigenvalue weighted by Gasteiger charge is -2.05. The number of carboxylic acids is 1. The molecule has 0 saturated heterocycles. The molecule has 1 N–H and O–H groups in total. The van der Waals surface area contributed by atoms with Crippen LogP contribution in [0, 0.1) is 5.82 Å². The highest BCUT2D eigenvalue weighted by atomic mass is 32.2. The third-order valence-electron chi connectivity index (χ3n) is 2.74. The van der Waals surface area contributed by atoms with Gasteiger partial charge in [0.2, 0.25) is 0 Å². The maximum Gasteiger partial charge on any atom is 0.338 e. The van der Waals surface area contributed by atoms with Crippen LogP contribution < -0.4 is 4.74 Å². The van der Waals surface area contributed by atoms with Gasteiger partial charge >= 0.3 is 5.97 Å². The van der Waals surface area contributed by atoms with Crippen LogP contribution in [-0.2, 0) is 5.75 Å². The van der Waals surface area contributed by atoms with Crippen molar-refractivity contribution in [3.8, 4) is 5.75 Å². The maximum atomic E-state index is 13.5. The molecule has 0 atom stereocenters. The van der Waals surface area contributed by atoms with Gasteiger partial charge < -0.3 is 9.84 Å². The van der Waals surface area contributed by atoms with E-state index in [9.17, 15) is 9.18 Å². The highest BCUT2D eigenvalue weighted by molar-refractivity contribution is 7.98. The smallest absolute Gasteiger partial charge is 0.338 e. The summed E-state index contributed by atoms with van der Waals surface area (Å²) >= 11 is 1.45. The van der Waals surface area contributed by atoms with Crippen molar-refractivity contribution < 1.29 is 19.0 Å². The van der Waals surface area contributed by atoms with Crippen molar-refractivity contribution in [1.29, 1.82) is 0 Å². The summed E-state index contributed by atoms with van der Waals surface area (Å²) in [5.41, 5.74) is 0.775. The number of methoxy groups -OCH3 is 1. The van der Waals surface area contributed by atoms with Gasteiger partial charge in [-0.25, -0.2) is 9.18 Å². The van der Waals surface area contributed by atoms with Crippen LogP contribution in [0.4, 0.5) is 4.39 Å². The maximum absolute atomic E-state index is 13.5. The zero-order valence-corrected chi connectivity index (χ0v) is 11.6. The number of hydrogen-bond donors (Lipinski definition) is 1. The minimum atomic E-state index is -1.26. The predicted octanol–water partition coefficient (Wildman–Crippen LogP) is 3.82. The third-order valence-corrected chi connectivity index (χ3v) is 3.80. The van der Waals surface area contributed by atoms with E-state index < -0.39 is 11.8 Å². The number of halogens is 1. The summed E-state index contributed by atoms with van der Waals surface area (Å²) in [7, 11) is 1.61. The summed E-state index contributed by atoms with van der Waals surface area (Å²) in [6.07, 6.45) is 0. The van der Waals surface area contributed by atoms with Gasteiger partial charge in [-0.2, -0.15) is 0 Å². The number of carbonyl (C=O) groups is 1. The Morgan fingerprint density at radius 1 is 1.25 bits per heavy atom. The molecule has 2 rings (SSSR count).